The first-order valence-electron chi connectivity index (χ1n) is 7.24. The van der Waals surface area contributed by atoms with E-state index in [2.05, 4.69) is 21.9 Å². The second-order valence-electron chi connectivity index (χ2n) is 5.69. The monoisotopic (exact) mass is 262 g/mol. The predicted molar refractivity (Wildman–Crippen MR) is 72.6 cm³/mol. The minimum absolute atomic E-state index is 0.109. The second-order valence-corrected chi connectivity index (χ2v) is 5.69. The highest BCUT2D eigenvalue weighted by molar-refractivity contribution is 5.82. The molecule has 0 radical (unpaired) electrons. The van der Waals surface area contributed by atoms with Gasteiger partial charge in [-0.1, -0.05) is 0 Å². The average molecular weight is 262 g/mol. The highest BCUT2D eigenvalue weighted by atomic mass is 16.2. The maximum atomic E-state index is 12.7. The van der Waals surface area contributed by atoms with Crippen LogP contribution >= 0.6 is 0 Å². The van der Waals surface area contributed by atoms with E-state index in [0.29, 0.717) is 11.9 Å². The van der Waals surface area contributed by atoms with Crippen LogP contribution in [-0.2, 0) is 11.3 Å². The number of amides is 1. The van der Waals surface area contributed by atoms with Gasteiger partial charge in [0.2, 0.25) is 5.91 Å². The Kier molecular flexibility index (Phi) is 3.55. The molecule has 2 aliphatic rings. The van der Waals surface area contributed by atoms with Gasteiger partial charge < -0.3 is 4.90 Å². The Morgan fingerprint density at radius 2 is 2.16 bits per heavy atom. The summed E-state index contributed by atoms with van der Waals surface area (Å²) in [6.07, 6.45) is 8.15. The van der Waals surface area contributed by atoms with Crippen molar-refractivity contribution in [3.8, 4) is 0 Å². The summed E-state index contributed by atoms with van der Waals surface area (Å²) >= 11 is 0. The van der Waals surface area contributed by atoms with Gasteiger partial charge in [-0.3, -0.25) is 14.4 Å². The van der Waals surface area contributed by atoms with Crippen molar-refractivity contribution >= 4 is 5.91 Å². The molecule has 19 heavy (non-hydrogen) atoms. The summed E-state index contributed by atoms with van der Waals surface area (Å²) in [5.41, 5.74) is 0. The third-order valence-corrected chi connectivity index (χ3v) is 4.42. The molecule has 0 spiro atoms. The lowest BCUT2D eigenvalue weighted by molar-refractivity contribution is -0.136. The minimum atomic E-state index is 0.109. The first-order valence-corrected chi connectivity index (χ1v) is 7.24. The quantitative estimate of drug-likeness (QED) is 0.815. The SMILES string of the molecule is CN1CCC[C@H]1C(=O)N1CCC[C@@H]1Cn1cccn1. The molecule has 5 nitrogen and oxygen atoms in total. The smallest absolute Gasteiger partial charge is 0.240 e. The van der Waals surface area contributed by atoms with Crippen LogP contribution in [0.1, 0.15) is 25.7 Å². The van der Waals surface area contributed by atoms with Crippen LogP contribution in [0.15, 0.2) is 18.5 Å². The summed E-state index contributed by atoms with van der Waals surface area (Å²) in [6.45, 7) is 2.79. The maximum Gasteiger partial charge on any atom is 0.240 e. The van der Waals surface area contributed by atoms with Gasteiger partial charge in [0.1, 0.15) is 0 Å². The Morgan fingerprint density at radius 1 is 1.32 bits per heavy atom. The molecular weight excluding hydrogens is 240 g/mol. The number of rotatable bonds is 3. The average Bonchev–Trinajstić information content (AvgIpc) is 3.10. The molecule has 0 aromatic carbocycles. The van der Waals surface area contributed by atoms with Crippen molar-refractivity contribution in [3.63, 3.8) is 0 Å². The molecule has 1 amide bonds. The number of nitrogens with zero attached hydrogens (tertiary/aromatic N) is 4. The van der Waals surface area contributed by atoms with Crippen LogP contribution in [0.5, 0.6) is 0 Å². The lowest BCUT2D eigenvalue weighted by Crippen LogP contribution is -2.47. The van der Waals surface area contributed by atoms with Crippen LogP contribution in [0.3, 0.4) is 0 Å². The molecule has 3 rings (SSSR count). The van der Waals surface area contributed by atoms with E-state index in [1.807, 2.05) is 16.9 Å². The van der Waals surface area contributed by atoms with Crippen molar-refractivity contribution < 1.29 is 4.79 Å². The van der Waals surface area contributed by atoms with Crippen molar-refractivity contribution in [1.82, 2.24) is 19.6 Å². The van der Waals surface area contributed by atoms with E-state index in [9.17, 15) is 4.79 Å². The van der Waals surface area contributed by atoms with Gasteiger partial charge in [0.05, 0.1) is 18.6 Å². The van der Waals surface area contributed by atoms with Crippen molar-refractivity contribution in [2.45, 2.75) is 44.3 Å². The number of likely N-dealkylation sites (N-methyl/N-ethyl adjacent to an activating group) is 1. The van der Waals surface area contributed by atoms with Crippen molar-refractivity contribution in [3.05, 3.63) is 18.5 Å². The van der Waals surface area contributed by atoms with E-state index in [1.165, 1.54) is 0 Å². The first-order chi connectivity index (χ1) is 9.25. The Bertz CT molecular complexity index is 431. The molecule has 0 saturated carbocycles. The first kappa shape index (κ1) is 12.7. The maximum absolute atomic E-state index is 12.7. The summed E-state index contributed by atoms with van der Waals surface area (Å²) in [5.74, 6) is 0.328. The van der Waals surface area contributed by atoms with E-state index >= 15 is 0 Å². The van der Waals surface area contributed by atoms with Crippen LogP contribution in [-0.4, -0.2) is 57.7 Å². The molecule has 0 aliphatic carbocycles. The summed E-state index contributed by atoms with van der Waals surface area (Å²) in [4.78, 5) is 16.9. The van der Waals surface area contributed by atoms with Gasteiger partial charge in [-0.2, -0.15) is 5.10 Å². The Hall–Kier alpha value is -1.36. The third-order valence-electron chi connectivity index (χ3n) is 4.42. The van der Waals surface area contributed by atoms with Crippen LogP contribution in [0.4, 0.5) is 0 Å². The highest BCUT2D eigenvalue weighted by Crippen LogP contribution is 2.24. The molecule has 2 fully saturated rings. The number of carbonyl (C=O) groups excluding carboxylic acids is 1. The molecule has 5 heteroatoms. The van der Waals surface area contributed by atoms with Gasteiger partial charge in [-0.05, 0) is 45.3 Å². The predicted octanol–water partition coefficient (Wildman–Crippen LogP) is 0.968. The van der Waals surface area contributed by atoms with Crippen LogP contribution in [0.25, 0.3) is 0 Å². The Morgan fingerprint density at radius 3 is 2.84 bits per heavy atom. The van der Waals surface area contributed by atoms with Crippen LogP contribution in [0, 0.1) is 0 Å². The van der Waals surface area contributed by atoms with Crippen molar-refractivity contribution in [2.24, 2.45) is 0 Å². The van der Waals surface area contributed by atoms with E-state index < -0.39 is 0 Å². The normalized spacial score (nSPS) is 28.2. The molecule has 2 atom stereocenters. The molecule has 1 aromatic heterocycles. The van der Waals surface area contributed by atoms with Crippen LogP contribution < -0.4 is 0 Å². The molecular formula is C14H22N4O. The second kappa shape index (κ2) is 5.33. The molecule has 0 N–H and O–H groups in total. The topological polar surface area (TPSA) is 41.4 Å². The van der Waals surface area contributed by atoms with Gasteiger partial charge in [-0.15, -0.1) is 0 Å². The van der Waals surface area contributed by atoms with E-state index in [4.69, 9.17) is 0 Å². The summed E-state index contributed by atoms with van der Waals surface area (Å²) < 4.78 is 1.94. The summed E-state index contributed by atoms with van der Waals surface area (Å²) in [7, 11) is 2.06. The molecule has 2 aliphatic heterocycles. The summed E-state index contributed by atoms with van der Waals surface area (Å²) in [6, 6.07) is 2.37. The zero-order chi connectivity index (χ0) is 13.2. The molecule has 0 unspecified atom stereocenters. The van der Waals surface area contributed by atoms with Crippen molar-refractivity contribution in [1.29, 1.82) is 0 Å². The molecule has 104 valence electrons. The van der Waals surface area contributed by atoms with Gasteiger partial charge in [0, 0.05) is 18.9 Å². The minimum Gasteiger partial charge on any atom is -0.336 e. The largest absolute Gasteiger partial charge is 0.336 e. The number of aromatic nitrogens is 2. The Labute approximate surface area is 114 Å². The fourth-order valence-corrected chi connectivity index (χ4v) is 3.35. The number of likely N-dealkylation sites (tertiary alicyclic amines) is 2. The van der Waals surface area contributed by atoms with E-state index in [-0.39, 0.29) is 6.04 Å². The lowest BCUT2D eigenvalue weighted by Gasteiger charge is -2.29. The van der Waals surface area contributed by atoms with Crippen LogP contribution in [0.2, 0.25) is 0 Å². The highest BCUT2D eigenvalue weighted by Gasteiger charge is 2.36. The molecule has 2 saturated heterocycles. The molecule has 3 heterocycles. The zero-order valence-electron chi connectivity index (χ0n) is 11.5. The standard InChI is InChI=1S/C14H22N4O/c1-16-8-3-6-13(16)14(19)18-10-2-5-12(18)11-17-9-4-7-15-17/h4,7,9,12-13H,2-3,5-6,8,10-11H2,1H3/t12-,13+/m1/s1. The van der Waals surface area contributed by atoms with Gasteiger partial charge in [-0.25, -0.2) is 0 Å². The fraction of sp³-hybridized carbons (Fsp3) is 0.714. The number of hydrogen-bond donors (Lipinski definition) is 0. The van der Waals surface area contributed by atoms with E-state index in [0.717, 1.165) is 45.3 Å². The summed E-state index contributed by atoms with van der Waals surface area (Å²) in [5, 5.41) is 4.25. The molecule has 0 bridgehead atoms. The lowest BCUT2D eigenvalue weighted by atomic mass is 10.1. The van der Waals surface area contributed by atoms with Gasteiger partial charge in [0.25, 0.3) is 0 Å². The fourth-order valence-electron chi connectivity index (χ4n) is 3.35. The van der Waals surface area contributed by atoms with Gasteiger partial charge >= 0.3 is 0 Å². The number of carbonyl (C=O) groups is 1. The molecule has 1 aromatic rings. The number of hydrogen-bond acceptors (Lipinski definition) is 3. The van der Waals surface area contributed by atoms with E-state index in [1.54, 1.807) is 6.20 Å². The third kappa shape index (κ3) is 2.52. The van der Waals surface area contributed by atoms with Gasteiger partial charge in [0.15, 0.2) is 0 Å². The van der Waals surface area contributed by atoms with Crippen molar-refractivity contribution in [2.75, 3.05) is 20.1 Å². The Balaban J connectivity index is 1.67. The zero-order valence-corrected chi connectivity index (χ0v) is 11.5.